The van der Waals surface area contributed by atoms with Crippen molar-refractivity contribution >= 4 is 10.0 Å². The van der Waals surface area contributed by atoms with Crippen molar-refractivity contribution in [2.24, 2.45) is 0 Å². The van der Waals surface area contributed by atoms with Crippen molar-refractivity contribution in [1.29, 1.82) is 0 Å². The van der Waals surface area contributed by atoms with Crippen molar-refractivity contribution < 1.29 is 8.42 Å². The van der Waals surface area contributed by atoms with E-state index < -0.39 is 10.0 Å². The maximum absolute atomic E-state index is 12.6. The first-order valence-electron chi connectivity index (χ1n) is 6.82. The van der Waals surface area contributed by atoms with E-state index in [1.807, 2.05) is 27.0 Å². The summed E-state index contributed by atoms with van der Waals surface area (Å²) in [6.07, 6.45) is 2.40. The molecule has 1 aromatic rings. The fourth-order valence-electron chi connectivity index (χ4n) is 2.04. The van der Waals surface area contributed by atoms with E-state index in [-0.39, 0.29) is 0 Å². The molecular weight excluding hydrogens is 272 g/mol. The molecular formula is C15H24N2O2S. The minimum atomic E-state index is -3.45. The van der Waals surface area contributed by atoms with Crippen LogP contribution in [0, 0.1) is 6.92 Å². The molecule has 1 N–H and O–H groups in total. The van der Waals surface area contributed by atoms with E-state index in [9.17, 15) is 8.42 Å². The van der Waals surface area contributed by atoms with Crippen molar-refractivity contribution in [3.05, 3.63) is 42.0 Å². The first-order valence-corrected chi connectivity index (χ1v) is 8.26. The van der Waals surface area contributed by atoms with Crippen LogP contribution in [-0.2, 0) is 16.6 Å². The molecule has 0 aliphatic heterocycles. The second-order valence-electron chi connectivity index (χ2n) is 4.77. The van der Waals surface area contributed by atoms with Gasteiger partial charge in [0.25, 0.3) is 0 Å². The maximum atomic E-state index is 12.6. The van der Waals surface area contributed by atoms with Gasteiger partial charge < -0.3 is 5.32 Å². The van der Waals surface area contributed by atoms with Crippen LogP contribution in [-0.4, -0.2) is 32.9 Å². The Morgan fingerprint density at radius 2 is 2.10 bits per heavy atom. The van der Waals surface area contributed by atoms with Gasteiger partial charge in [-0.25, -0.2) is 8.42 Å². The molecule has 0 bridgehead atoms. The van der Waals surface area contributed by atoms with Crippen LogP contribution >= 0.6 is 0 Å². The van der Waals surface area contributed by atoms with Crippen molar-refractivity contribution in [3.8, 4) is 0 Å². The highest BCUT2D eigenvalue weighted by Crippen LogP contribution is 2.20. The number of benzene rings is 1. The predicted molar refractivity (Wildman–Crippen MR) is 83.2 cm³/mol. The number of nitrogens with zero attached hydrogens (tertiary/aromatic N) is 1. The van der Waals surface area contributed by atoms with Crippen molar-refractivity contribution in [2.75, 3.05) is 20.1 Å². The van der Waals surface area contributed by atoms with Gasteiger partial charge in [-0.1, -0.05) is 19.1 Å². The quantitative estimate of drug-likeness (QED) is 0.749. The van der Waals surface area contributed by atoms with Gasteiger partial charge in [-0.05, 0) is 43.7 Å². The highest BCUT2D eigenvalue weighted by Gasteiger charge is 2.23. The van der Waals surface area contributed by atoms with Gasteiger partial charge in [0.15, 0.2) is 0 Å². The van der Waals surface area contributed by atoms with Crippen LogP contribution in [0.2, 0.25) is 0 Å². The van der Waals surface area contributed by atoms with E-state index in [1.165, 1.54) is 4.31 Å². The lowest BCUT2D eigenvalue weighted by atomic mass is 10.1. The number of aryl methyl sites for hydroxylation is 1. The molecule has 0 saturated heterocycles. The topological polar surface area (TPSA) is 49.4 Å². The minimum Gasteiger partial charge on any atom is -0.316 e. The van der Waals surface area contributed by atoms with E-state index in [0.717, 1.165) is 17.5 Å². The van der Waals surface area contributed by atoms with Gasteiger partial charge in [0, 0.05) is 19.6 Å². The summed E-state index contributed by atoms with van der Waals surface area (Å²) in [7, 11) is -1.60. The van der Waals surface area contributed by atoms with E-state index in [0.29, 0.717) is 24.5 Å². The third kappa shape index (κ3) is 3.91. The Morgan fingerprint density at radius 1 is 1.40 bits per heavy atom. The number of hydrogen-bond donors (Lipinski definition) is 1. The summed E-state index contributed by atoms with van der Waals surface area (Å²) in [4.78, 5) is 0.351. The van der Waals surface area contributed by atoms with Gasteiger partial charge in [0.2, 0.25) is 10.0 Å². The summed E-state index contributed by atoms with van der Waals surface area (Å²) in [5.41, 5.74) is 2.09. The molecule has 0 aromatic heterocycles. The standard InChI is InChI=1S/C15H24N2O2S/c1-5-9-17(10-6-2)20(18,19)15-8-7-13(3)14(11-15)12-16-4/h5,7-8,11,16H,1,6,9-10,12H2,2-4H3. The van der Waals surface area contributed by atoms with E-state index >= 15 is 0 Å². The Balaban J connectivity index is 3.19. The summed E-state index contributed by atoms with van der Waals surface area (Å²) in [6.45, 7) is 9.08. The van der Waals surface area contributed by atoms with Crippen molar-refractivity contribution in [3.63, 3.8) is 0 Å². The molecule has 0 radical (unpaired) electrons. The zero-order valence-electron chi connectivity index (χ0n) is 12.5. The highest BCUT2D eigenvalue weighted by molar-refractivity contribution is 7.89. The van der Waals surface area contributed by atoms with Gasteiger partial charge in [-0.15, -0.1) is 6.58 Å². The lowest BCUT2D eigenvalue weighted by Gasteiger charge is -2.20. The fraction of sp³-hybridized carbons (Fsp3) is 0.467. The third-order valence-electron chi connectivity index (χ3n) is 3.13. The van der Waals surface area contributed by atoms with Gasteiger partial charge in [0.05, 0.1) is 4.90 Å². The molecule has 0 amide bonds. The van der Waals surface area contributed by atoms with Crippen LogP contribution in [0.15, 0.2) is 35.7 Å². The third-order valence-corrected chi connectivity index (χ3v) is 4.99. The number of nitrogens with one attached hydrogen (secondary N) is 1. The average Bonchev–Trinajstić information content (AvgIpc) is 2.41. The van der Waals surface area contributed by atoms with Gasteiger partial charge in [-0.2, -0.15) is 4.31 Å². The lowest BCUT2D eigenvalue weighted by molar-refractivity contribution is 0.441. The molecule has 0 atom stereocenters. The van der Waals surface area contributed by atoms with Gasteiger partial charge >= 0.3 is 0 Å². The molecule has 5 heteroatoms. The van der Waals surface area contributed by atoms with Crippen LogP contribution in [0.4, 0.5) is 0 Å². The SMILES string of the molecule is C=CCN(CCC)S(=O)(=O)c1ccc(C)c(CNC)c1. The Hall–Kier alpha value is -1.17. The minimum absolute atomic E-state index is 0.339. The van der Waals surface area contributed by atoms with Crippen molar-refractivity contribution in [1.82, 2.24) is 9.62 Å². The molecule has 20 heavy (non-hydrogen) atoms. The van der Waals surface area contributed by atoms with Gasteiger partial charge in [-0.3, -0.25) is 0 Å². The molecule has 0 aliphatic rings. The zero-order valence-corrected chi connectivity index (χ0v) is 13.3. The monoisotopic (exact) mass is 296 g/mol. The summed E-state index contributed by atoms with van der Waals surface area (Å²) in [6, 6.07) is 5.29. The molecule has 0 spiro atoms. The second-order valence-corrected chi connectivity index (χ2v) is 6.71. The highest BCUT2D eigenvalue weighted by atomic mass is 32.2. The van der Waals surface area contributed by atoms with Crippen LogP contribution in [0.25, 0.3) is 0 Å². The molecule has 0 fully saturated rings. The zero-order chi connectivity index (χ0) is 15.2. The average molecular weight is 296 g/mol. The van der Waals surface area contributed by atoms with Gasteiger partial charge in [0.1, 0.15) is 0 Å². The van der Waals surface area contributed by atoms with Crippen molar-refractivity contribution in [2.45, 2.75) is 31.7 Å². The Labute approximate surface area is 122 Å². The smallest absolute Gasteiger partial charge is 0.243 e. The Morgan fingerprint density at radius 3 is 2.65 bits per heavy atom. The maximum Gasteiger partial charge on any atom is 0.243 e. The fourth-order valence-corrected chi connectivity index (χ4v) is 3.60. The number of sulfonamides is 1. The Kier molecular flexibility index (Phi) is 6.39. The first kappa shape index (κ1) is 16.9. The number of hydrogen-bond acceptors (Lipinski definition) is 3. The molecule has 0 unspecified atom stereocenters. The van der Waals surface area contributed by atoms with Crippen LogP contribution in [0.1, 0.15) is 24.5 Å². The van der Waals surface area contributed by atoms with Crippen LogP contribution in [0.5, 0.6) is 0 Å². The molecule has 0 aliphatic carbocycles. The predicted octanol–water partition coefficient (Wildman–Crippen LogP) is 2.30. The second kappa shape index (κ2) is 7.57. The molecule has 112 valence electrons. The molecule has 0 saturated carbocycles. The molecule has 4 nitrogen and oxygen atoms in total. The number of rotatable bonds is 8. The summed E-state index contributed by atoms with van der Waals surface area (Å²) in [5.74, 6) is 0. The largest absolute Gasteiger partial charge is 0.316 e. The van der Waals surface area contributed by atoms with Crippen LogP contribution < -0.4 is 5.32 Å². The molecule has 1 aromatic carbocycles. The summed E-state index contributed by atoms with van der Waals surface area (Å²) < 4.78 is 26.7. The Bertz CT molecular complexity index is 553. The molecule has 0 heterocycles. The molecule has 1 rings (SSSR count). The normalized spacial score (nSPS) is 11.8. The summed E-state index contributed by atoms with van der Waals surface area (Å²) in [5, 5.41) is 3.06. The van der Waals surface area contributed by atoms with Crippen LogP contribution in [0.3, 0.4) is 0 Å². The lowest BCUT2D eigenvalue weighted by Crippen LogP contribution is -2.32. The van der Waals surface area contributed by atoms with E-state index in [1.54, 1.807) is 18.2 Å². The summed E-state index contributed by atoms with van der Waals surface area (Å²) >= 11 is 0. The van der Waals surface area contributed by atoms with E-state index in [4.69, 9.17) is 0 Å². The van der Waals surface area contributed by atoms with E-state index in [2.05, 4.69) is 11.9 Å². The first-order chi connectivity index (χ1) is 9.47.